The normalized spacial score (nSPS) is 19.9. The highest BCUT2D eigenvalue weighted by Crippen LogP contribution is 2.08. The molecule has 8 heteroatoms. The molecule has 2 atom stereocenters. The van der Waals surface area contributed by atoms with Gasteiger partial charge in [-0.1, -0.05) is 27.7 Å². The Morgan fingerprint density at radius 1 is 0.808 bits per heavy atom. The Bertz CT molecular complexity index is 473. The van der Waals surface area contributed by atoms with Crippen LogP contribution in [0.5, 0.6) is 0 Å². The van der Waals surface area contributed by atoms with E-state index in [0.717, 1.165) is 0 Å². The van der Waals surface area contributed by atoms with E-state index in [4.69, 9.17) is 0 Å². The standard InChI is InChI=1S/C18H32N4O4/c1-11(2)9-19-15(23)7-5-13-17(25)22-14(18(26)21-13)6-8-16(24)20-10-12(3)4/h11-14H,5-10H2,1-4H3,(H,19,23)(H,20,24)(H,21,26)(H,22,25). The van der Waals surface area contributed by atoms with Gasteiger partial charge in [-0.2, -0.15) is 0 Å². The molecule has 0 aliphatic carbocycles. The Balaban J connectivity index is 2.35. The van der Waals surface area contributed by atoms with Crippen molar-refractivity contribution >= 4 is 23.6 Å². The molecule has 26 heavy (non-hydrogen) atoms. The van der Waals surface area contributed by atoms with Crippen LogP contribution in [-0.2, 0) is 19.2 Å². The van der Waals surface area contributed by atoms with Crippen molar-refractivity contribution in [1.29, 1.82) is 0 Å². The first-order chi connectivity index (χ1) is 12.2. The minimum atomic E-state index is -0.710. The number of carbonyl (C=O) groups excluding carboxylic acids is 4. The van der Waals surface area contributed by atoms with E-state index in [9.17, 15) is 19.2 Å². The summed E-state index contributed by atoms with van der Waals surface area (Å²) in [6, 6.07) is -1.42. The highest BCUT2D eigenvalue weighted by atomic mass is 16.2. The lowest BCUT2D eigenvalue weighted by atomic mass is 10.0. The van der Waals surface area contributed by atoms with Gasteiger partial charge in [0.2, 0.25) is 23.6 Å². The molecule has 148 valence electrons. The SMILES string of the molecule is CC(C)CNC(=O)CCC1NC(=O)C(CCC(=O)NCC(C)C)NC1=O. The van der Waals surface area contributed by atoms with E-state index in [2.05, 4.69) is 21.3 Å². The summed E-state index contributed by atoms with van der Waals surface area (Å²) >= 11 is 0. The van der Waals surface area contributed by atoms with Crippen molar-refractivity contribution in [2.45, 2.75) is 65.5 Å². The molecule has 1 aliphatic rings. The van der Waals surface area contributed by atoms with Gasteiger partial charge in [0.25, 0.3) is 0 Å². The van der Waals surface area contributed by atoms with Crippen molar-refractivity contribution in [1.82, 2.24) is 21.3 Å². The monoisotopic (exact) mass is 368 g/mol. The summed E-state index contributed by atoms with van der Waals surface area (Å²) in [5.41, 5.74) is 0. The maximum absolute atomic E-state index is 12.1. The maximum atomic E-state index is 12.1. The zero-order valence-corrected chi connectivity index (χ0v) is 16.2. The average molecular weight is 368 g/mol. The molecular formula is C18H32N4O4. The second kappa shape index (κ2) is 10.8. The number of hydrogen-bond acceptors (Lipinski definition) is 4. The number of piperazine rings is 1. The molecule has 4 amide bonds. The summed E-state index contributed by atoms with van der Waals surface area (Å²) in [6.07, 6.45) is 0.854. The summed E-state index contributed by atoms with van der Waals surface area (Å²) in [4.78, 5) is 47.7. The van der Waals surface area contributed by atoms with Crippen LogP contribution in [0.4, 0.5) is 0 Å². The zero-order valence-electron chi connectivity index (χ0n) is 16.2. The van der Waals surface area contributed by atoms with Crippen LogP contribution < -0.4 is 21.3 Å². The van der Waals surface area contributed by atoms with Gasteiger partial charge in [-0.25, -0.2) is 0 Å². The van der Waals surface area contributed by atoms with Gasteiger partial charge in [0.05, 0.1) is 0 Å². The van der Waals surface area contributed by atoms with Gasteiger partial charge < -0.3 is 21.3 Å². The van der Waals surface area contributed by atoms with E-state index in [1.165, 1.54) is 0 Å². The number of carbonyl (C=O) groups is 4. The van der Waals surface area contributed by atoms with Crippen molar-refractivity contribution in [3.63, 3.8) is 0 Å². The summed E-state index contributed by atoms with van der Waals surface area (Å²) < 4.78 is 0. The second-order valence-corrected chi connectivity index (χ2v) is 7.60. The fourth-order valence-corrected chi connectivity index (χ4v) is 2.45. The van der Waals surface area contributed by atoms with Crippen LogP contribution in [0.2, 0.25) is 0 Å². The Kier molecular flexibility index (Phi) is 9.09. The predicted octanol–water partition coefficient (Wildman–Crippen LogP) is 0.0744. The second-order valence-electron chi connectivity index (χ2n) is 7.60. The molecule has 0 saturated carbocycles. The van der Waals surface area contributed by atoms with Crippen molar-refractivity contribution in [3.8, 4) is 0 Å². The molecule has 0 bridgehead atoms. The molecule has 1 heterocycles. The third-order valence-corrected chi connectivity index (χ3v) is 4.00. The van der Waals surface area contributed by atoms with Gasteiger partial charge in [-0.3, -0.25) is 19.2 Å². The van der Waals surface area contributed by atoms with Gasteiger partial charge in [0.1, 0.15) is 12.1 Å². The first-order valence-electron chi connectivity index (χ1n) is 9.33. The molecule has 4 N–H and O–H groups in total. The molecule has 8 nitrogen and oxygen atoms in total. The molecule has 2 unspecified atom stereocenters. The summed E-state index contributed by atoms with van der Waals surface area (Å²) in [7, 11) is 0. The predicted molar refractivity (Wildman–Crippen MR) is 98.0 cm³/mol. The van der Waals surface area contributed by atoms with Crippen LogP contribution in [0.15, 0.2) is 0 Å². The van der Waals surface area contributed by atoms with Gasteiger partial charge in [-0.15, -0.1) is 0 Å². The maximum Gasteiger partial charge on any atom is 0.243 e. The van der Waals surface area contributed by atoms with E-state index < -0.39 is 12.1 Å². The Morgan fingerprint density at radius 3 is 1.46 bits per heavy atom. The molecule has 1 aliphatic heterocycles. The van der Waals surface area contributed by atoms with E-state index in [0.29, 0.717) is 24.9 Å². The fourth-order valence-electron chi connectivity index (χ4n) is 2.45. The third-order valence-electron chi connectivity index (χ3n) is 4.00. The molecule has 0 radical (unpaired) electrons. The summed E-state index contributed by atoms with van der Waals surface area (Å²) in [5, 5.41) is 10.9. The van der Waals surface area contributed by atoms with Crippen molar-refractivity contribution in [2.24, 2.45) is 11.8 Å². The van der Waals surface area contributed by atoms with Crippen LogP contribution in [0.3, 0.4) is 0 Å². The number of amides is 4. The van der Waals surface area contributed by atoms with E-state index in [-0.39, 0.29) is 49.3 Å². The van der Waals surface area contributed by atoms with Crippen molar-refractivity contribution in [3.05, 3.63) is 0 Å². The van der Waals surface area contributed by atoms with Gasteiger partial charge >= 0.3 is 0 Å². The Morgan fingerprint density at radius 2 is 1.15 bits per heavy atom. The number of rotatable bonds is 10. The number of hydrogen-bond donors (Lipinski definition) is 4. The van der Waals surface area contributed by atoms with Crippen LogP contribution in [0.1, 0.15) is 53.4 Å². The molecule has 1 fully saturated rings. The molecule has 0 aromatic carbocycles. The highest BCUT2D eigenvalue weighted by molar-refractivity contribution is 5.97. The lowest BCUT2D eigenvalue weighted by molar-refractivity contribution is -0.137. The zero-order chi connectivity index (χ0) is 19.7. The van der Waals surface area contributed by atoms with Gasteiger partial charge in [0, 0.05) is 25.9 Å². The number of nitrogens with one attached hydrogen (secondary N) is 4. The lowest BCUT2D eigenvalue weighted by Gasteiger charge is -2.29. The summed E-state index contributed by atoms with van der Waals surface area (Å²) in [6.45, 7) is 9.17. The van der Waals surface area contributed by atoms with Crippen molar-refractivity contribution < 1.29 is 19.2 Å². The minimum Gasteiger partial charge on any atom is -0.356 e. The van der Waals surface area contributed by atoms with E-state index in [1.54, 1.807) is 0 Å². The van der Waals surface area contributed by atoms with E-state index >= 15 is 0 Å². The minimum absolute atomic E-state index is 0.135. The van der Waals surface area contributed by atoms with Crippen molar-refractivity contribution in [2.75, 3.05) is 13.1 Å². The largest absolute Gasteiger partial charge is 0.356 e. The fraction of sp³-hybridized carbons (Fsp3) is 0.778. The first-order valence-corrected chi connectivity index (χ1v) is 9.33. The lowest BCUT2D eigenvalue weighted by Crippen LogP contribution is -2.61. The molecule has 0 aromatic heterocycles. The Hall–Kier alpha value is -2.12. The smallest absolute Gasteiger partial charge is 0.243 e. The molecule has 0 aromatic rings. The van der Waals surface area contributed by atoms with Crippen LogP contribution in [0, 0.1) is 11.8 Å². The van der Waals surface area contributed by atoms with Crippen LogP contribution in [0.25, 0.3) is 0 Å². The van der Waals surface area contributed by atoms with E-state index in [1.807, 2.05) is 27.7 Å². The molecule has 0 spiro atoms. The first kappa shape index (κ1) is 21.9. The van der Waals surface area contributed by atoms with Crippen LogP contribution in [-0.4, -0.2) is 48.8 Å². The summed E-state index contributed by atoms with van der Waals surface area (Å²) in [5.74, 6) is -0.178. The highest BCUT2D eigenvalue weighted by Gasteiger charge is 2.33. The molecular weight excluding hydrogens is 336 g/mol. The average Bonchev–Trinajstić information content (AvgIpc) is 2.57. The van der Waals surface area contributed by atoms with Gasteiger partial charge in [0.15, 0.2) is 0 Å². The third kappa shape index (κ3) is 8.31. The molecule has 1 saturated heterocycles. The Labute approximate surface area is 155 Å². The molecule has 1 rings (SSSR count). The van der Waals surface area contributed by atoms with Gasteiger partial charge in [-0.05, 0) is 24.7 Å². The topological polar surface area (TPSA) is 116 Å². The quantitative estimate of drug-likeness (QED) is 0.437. The van der Waals surface area contributed by atoms with Crippen LogP contribution >= 0.6 is 0 Å².